The van der Waals surface area contributed by atoms with Crippen molar-refractivity contribution < 1.29 is 4.79 Å². The second-order valence-corrected chi connectivity index (χ2v) is 5.03. The molecule has 3 rings (SSSR count). The van der Waals surface area contributed by atoms with E-state index in [1.54, 1.807) is 10.9 Å². The highest BCUT2D eigenvalue weighted by Gasteiger charge is 2.31. The molecule has 0 aliphatic heterocycles. The number of benzene rings is 1. The summed E-state index contributed by atoms with van der Waals surface area (Å²) in [5, 5.41) is 5.30. The third-order valence-electron chi connectivity index (χ3n) is 3.60. The van der Waals surface area contributed by atoms with E-state index in [1.165, 1.54) is 0 Å². The number of amides is 1. The molecule has 5 heteroatoms. The highest BCUT2D eigenvalue weighted by molar-refractivity contribution is 5.84. The van der Waals surface area contributed by atoms with Crippen molar-refractivity contribution in [1.29, 1.82) is 0 Å². The minimum Gasteiger partial charge on any atom is -0.399 e. The summed E-state index contributed by atoms with van der Waals surface area (Å²) in [5.41, 5.74) is 7.40. The maximum absolute atomic E-state index is 12.3. The van der Waals surface area contributed by atoms with E-state index in [2.05, 4.69) is 5.10 Å². The average molecular weight is 258 g/mol. The highest BCUT2D eigenvalue weighted by atomic mass is 16.2. The van der Waals surface area contributed by atoms with Gasteiger partial charge in [0, 0.05) is 23.7 Å². The van der Waals surface area contributed by atoms with Crippen LogP contribution in [0.15, 0.2) is 24.4 Å². The number of fused-ring (bicyclic) bond motifs is 1. The summed E-state index contributed by atoms with van der Waals surface area (Å²) in [6.07, 6.45) is 4.04. The Morgan fingerprint density at radius 1 is 1.53 bits per heavy atom. The molecule has 2 N–H and O–H groups in total. The van der Waals surface area contributed by atoms with Crippen LogP contribution >= 0.6 is 0 Å². The summed E-state index contributed by atoms with van der Waals surface area (Å²) in [6, 6.07) is 6.09. The third-order valence-corrected chi connectivity index (χ3v) is 3.60. The van der Waals surface area contributed by atoms with Gasteiger partial charge < -0.3 is 10.6 Å². The van der Waals surface area contributed by atoms with Crippen LogP contribution in [0.5, 0.6) is 0 Å². The zero-order chi connectivity index (χ0) is 13.4. The molecular weight excluding hydrogens is 240 g/mol. The normalized spacial score (nSPS) is 14.8. The Labute approximate surface area is 112 Å². The average Bonchev–Trinajstić information content (AvgIpc) is 3.14. The molecule has 2 aromatic rings. The van der Waals surface area contributed by atoms with Crippen LogP contribution < -0.4 is 5.73 Å². The van der Waals surface area contributed by atoms with Crippen molar-refractivity contribution in [3.8, 4) is 0 Å². The number of likely N-dealkylation sites (N-methyl/N-ethyl adjacent to an activating group) is 1. The largest absolute Gasteiger partial charge is 0.399 e. The molecule has 1 heterocycles. The number of nitrogens with zero attached hydrogens (tertiary/aromatic N) is 3. The van der Waals surface area contributed by atoms with Crippen LogP contribution in [0, 0.1) is 0 Å². The van der Waals surface area contributed by atoms with Gasteiger partial charge in [-0.1, -0.05) is 0 Å². The highest BCUT2D eigenvalue weighted by Crippen LogP contribution is 2.27. The summed E-state index contributed by atoms with van der Waals surface area (Å²) >= 11 is 0. The van der Waals surface area contributed by atoms with Crippen LogP contribution in [0.2, 0.25) is 0 Å². The number of rotatable bonds is 4. The maximum atomic E-state index is 12.3. The number of hydrogen-bond donors (Lipinski definition) is 1. The zero-order valence-corrected chi connectivity index (χ0v) is 11.0. The van der Waals surface area contributed by atoms with Crippen LogP contribution in [-0.2, 0) is 11.3 Å². The number of aromatic nitrogens is 2. The second kappa shape index (κ2) is 4.57. The van der Waals surface area contributed by atoms with Gasteiger partial charge in [0.2, 0.25) is 5.91 Å². The van der Waals surface area contributed by atoms with Gasteiger partial charge in [-0.3, -0.25) is 9.48 Å². The van der Waals surface area contributed by atoms with Gasteiger partial charge in [0.05, 0.1) is 11.7 Å². The molecule has 5 nitrogen and oxygen atoms in total. The second-order valence-electron chi connectivity index (χ2n) is 5.03. The SMILES string of the molecule is CCN(C(=O)Cn1ncc2ccc(N)cc21)C1CC1. The molecule has 1 aliphatic rings. The molecule has 0 saturated heterocycles. The molecule has 1 aromatic carbocycles. The minimum absolute atomic E-state index is 0.137. The molecule has 0 atom stereocenters. The standard InChI is InChI=1S/C14H18N4O/c1-2-17(12-5-6-12)14(19)9-18-13-7-11(15)4-3-10(13)8-16-18/h3-4,7-8,12H,2,5-6,9,15H2,1H3. The van der Waals surface area contributed by atoms with Crippen LogP contribution in [0.25, 0.3) is 10.9 Å². The first-order chi connectivity index (χ1) is 9.19. The molecule has 1 fully saturated rings. The lowest BCUT2D eigenvalue weighted by Gasteiger charge is -2.20. The first-order valence-electron chi connectivity index (χ1n) is 6.69. The maximum Gasteiger partial charge on any atom is 0.244 e. The Morgan fingerprint density at radius 3 is 3.00 bits per heavy atom. The summed E-state index contributed by atoms with van der Waals surface area (Å²) in [4.78, 5) is 14.2. The Kier molecular flexibility index (Phi) is 2.89. The number of anilines is 1. The van der Waals surface area contributed by atoms with Crippen LogP contribution in [0.1, 0.15) is 19.8 Å². The molecule has 1 aliphatic carbocycles. The van der Waals surface area contributed by atoms with Gasteiger partial charge in [0.1, 0.15) is 6.54 Å². The van der Waals surface area contributed by atoms with Gasteiger partial charge in [-0.15, -0.1) is 0 Å². The van der Waals surface area contributed by atoms with Gasteiger partial charge in [-0.2, -0.15) is 5.10 Å². The van der Waals surface area contributed by atoms with E-state index in [-0.39, 0.29) is 12.5 Å². The molecule has 1 saturated carbocycles. The number of nitrogen functional groups attached to an aromatic ring is 1. The van der Waals surface area contributed by atoms with Crippen molar-refractivity contribution >= 4 is 22.5 Å². The van der Waals surface area contributed by atoms with Crippen molar-refractivity contribution in [2.45, 2.75) is 32.4 Å². The topological polar surface area (TPSA) is 64.2 Å². The van der Waals surface area contributed by atoms with Crippen LogP contribution in [0.4, 0.5) is 5.69 Å². The van der Waals surface area contributed by atoms with Crippen LogP contribution in [-0.4, -0.2) is 33.2 Å². The summed E-state index contributed by atoms with van der Waals surface area (Å²) in [5.74, 6) is 0.137. The van der Waals surface area contributed by atoms with Crippen molar-refractivity contribution in [3.63, 3.8) is 0 Å². The fraction of sp³-hybridized carbons (Fsp3) is 0.429. The number of hydrogen-bond acceptors (Lipinski definition) is 3. The third kappa shape index (κ3) is 2.28. The van der Waals surface area contributed by atoms with Gasteiger partial charge in [0.15, 0.2) is 0 Å². The molecule has 1 aromatic heterocycles. The minimum atomic E-state index is 0.137. The van der Waals surface area contributed by atoms with Crippen LogP contribution in [0.3, 0.4) is 0 Å². The Balaban J connectivity index is 1.84. The van der Waals surface area contributed by atoms with Crippen molar-refractivity contribution in [2.75, 3.05) is 12.3 Å². The molecular formula is C14H18N4O. The Bertz CT molecular complexity index is 615. The van der Waals surface area contributed by atoms with Crippen molar-refractivity contribution in [2.24, 2.45) is 0 Å². The summed E-state index contributed by atoms with van der Waals surface area (Å²) < 4.78 is 1.74. The molecule has 0 unspecified atom stereocenters. The fourth-order valence-corrected chi connectivity index (χ4v) is 2.46. The molecule has 100 valence electrons. The number of carbonyl (C=O) groups is 1. The summed E-state index contributed by atoms with van der Waals surface area (Å²) in [7, 11) is 0. The van der Waals surface area contributed by atoms with E-state index in [1.807, 2.05) is 30.0 Å². The quantitative estimate of drug-likeness (QED) is 0.848. The van der Waals surface area contributed by atoms with E-state index in [4.69, 9.17) is 5.73 Å². The lowest BCUT2D eigenvalue weighted by Crippen LogP contribution is -2.35. The van der Waals surface area contributed by atoms with Crippen molar-refractivity contribution in [1.82, 2.24) is 14.7 Å². The number of nitrogens with two attached hydrogens (primary N) is 1. The van der Waals surface area contributed by atoms with Gasteiger partial charge in [0.25, 0.3) is 0 Å². The Morgan fingerprint density at radius 2 is 2.32 bits per heavy atom. The van der Waals surface area contributed by atoms with Gasteiger partial charge in [-0.05, 0) is 38.0 Å². The van der Waals surface area contributed by atoms with Gasteiger partial charge in [-0.25, -0.2) is 0 Å². The van der Waals surface area contributed by atoms with E-state index < -0.39 is 0 Å². The van der Waals surface area contributed by atoms with E-state index in [0.717, 1.165) is 30.3 Å². The first-order valence-corrected chi connectivity index (χ1v) is 6.69. The monoisotopic (exact) mass is 258 g/mol. The Hall–Kier alpha value is -2.04. The van der Waals surface area contributed by atoms with E-state index in [0.29, 0.717) is 11.7 Å². The lowest BCUT2D eigenvalue weighted by atomic mass is 10.2. The summed E-state index contributed by atoms with van der Waals surface area (Å²) in [6.45, 7) is 3.08. The molecule has 0 radical (unpaired) electrons. The molecule has 0 spiro atoms. The van der Waals surface area contributed by atoms with Gasteiger partial charge >= 0.3 is 0 Å². The predicted molar refractivity (Wildman–Crippen MR) is 74.6 cm³/mol. The predicted octanol–water partition coefficient (Wildman–Crippen LogP) is 1.63. The van der Waals surface area contributed by atoms with Crippen molar-refractivity contribution in [3.05, 3.63) is 24.4 Å². The number of carbonyl (C=O) groups excluding carboxylic acids is 1. The molecule has 1 amide bonds. The first kappa shape index (κ1) is 12.0. The smallest absolute Gasteiger partial charge is 0.244 e. The fourth-order valence-electron chi connectivity index (χ4n) is 2.46. The lowest BCUT2D eigenvalue weighted by molar-refractivity contribution is -0.132. The van der Waals surface area contributed by atoms with E-state index in [9.17, 15) is 4.79 Å². The molecule has 0 bridgehead atoms. The molecule has 19 heavy (non-hydrogen) atoms. The van der Waals surface area contributed by atoms with E-state index >= 15 is 0 Å². The zero-order valence-electron chi connectivity index (χ0n) is 11.0.